The lowest BCUT2D eigenvalue weighted by atomic mass is 10.0. The molecule has 4 aromatic rings. The van der Waals surface area contributed by atoms with Crippen molar-refractivity contribution in [3.05, 3.63) is 66.5 Å². The molecule has 9 heteroatoms. The third-order valence-corrected chi connectivity index (χ3v) is 6.02. The van der Waals surface area contributed by atoms with Crippen LogP contribution >= 0.6 is 0 Å². The average Bonchev–Trinajstić information content (AvgIpc) is 3.49. The summed E-state index contributed by atoms with van der Waals surface area (Å²) < 4.78 is 24.9. The number of hydrogen-bond acceptors (Lipinski definition) is 5. The zero-order chi connectivity index (χ0) is 24.4. The first-order chi connectivity index (χ1) is 17.0. The number of carbonyl (C=O) groups is 1. The number of benzene rings is 1. The van der Waals surface area contributed by atoms with Crippen molar-refractivity contribution in [2.75, 3.05) is 11.9 Å². The highest BCUT2D eigenvalue weighted by Crippen LogP contribution is 2.31. The lowest BCUT2D eigenvalue weighted by molar-refractivity contribution is 0.102. The molecule has 180 valence electrons. The van der Waals surface area contributed by atoms with Crippen LogP contribution in [0.25, 0.3) is 22.6 Å². The van der Waals surface area contributed by atoms with Gasteiger partial charge in [-0.25, -0.2) is 14.4 Å². The van der Waals surface area contributed by atoms with E-state index >= 15 is 4.39 Å². The van der Waals surface area contributed by atoms with Crippen LogP contribution in [0.5, 0.6) is 5.75 Å². The van der Waals surface area contributed by atoms with Crippen molar-refractivity contribution in [3.63, 3.8) is 0 Å². The van der Waals surface area contributed by atoms with Crippen molar-refractivity contribution < 1.29 is 13.9 Å². The number of hydrogen-bond donors (Lipinski definition) is 1. The van der Waals surface area contributed by atoms with Gasteiger partial charge in [0.25, 0.3) is 5.91 Å². The Balaban J connectivity index is 1.55. The molecule has 0 radical (unpaired) electrons. The van der Waals surface area contributed by atoms with E-state index in [2.05, 4.69) is 27.3 Å². The second kappa shape index (κ2) is 9.69. The lowest BCUT2D eigenvalue weighted by Gasteiger charge is -2.18. The molecule has 2 bridgehead atoms. The van der Waals surface area contributed by atoms with Gasteiger partial charge in [0.1, 0.15) is 23.1 Å². The van der Waals surface area contributed by atoms with Gasteiger partial charge in [-0.1, -0.05) is 19.9 Å². The quantitative estimate of drug-likeness (QED) is 0.450. The molecule has 0 spiro atoms. The predicted molar refractivity (Wildman–Crippen MR) is 131 cm³/mol. The molecule has 8 nitrogen and oxygen atoms in total. The maximum absolute atomic E-state index is 15.2. The van der Waals surface area contributed by atoms with Crippen molar-refractivity contribution in [2.24, 2.45) is 5.92 Å². The van der Waals surface area contributed by atoms with Gasteiger partial charge in [-0.05, 0) is 37.0 Å². The van der Waals surface area contributed by atoms with E-state index in [-0.39, 0.29) is 17.2 Å². The van der Waals surface area contributed by atoms with Crippen LogP contribution in [0.3, 0.4) is 0 Å². The van der Waals surface area contributed by atoms with Crippen LogP contribution in [0.2, 0.25) is 0 Å². The van der Waals surface area contributed by atoms with Crippen molar-refractivity contribution in [1.82, 2.24) is 24.3 Å². The highest BCUT2D eigenvalue weighted by atomic mass is 19.1. The summed E-state index contributed by atoms with van der Waals surface area (Å²) in [6.07, 6.45) is 8.68. The molecule has 0 aliphatic carbocycles. The van der Waals surface area contributed by atoms with Crippen LogP contribution < -0.4 is 10.1 Å². The van der Waals surface area contributed by atoms with E-state index in [0.717, 1.165) is 31.8 Å². The molecule has 1 atom stereocenters. The molecule has 1 amide bonds. The predicted octanol–water partition coefficient (Wildman–Crippen LogP) is 5.03. The second-order valence-electron chi connectivity index (χ2n) is 8.83. The van der Waals surface area contributed by atoms with Gasteiger partial charge >= 0.3 is 0 Å². The van der Waals surface area contributed by atoms with Gasteiger partial charge < -0.3 is 14.6 Å². The minimum atomic E-state index is -0.468. The molecule has 0 fully saturated rings. The number of fused-ring (bicyclic) bond motifs is 5. The number of rotatable bonds is 3. The fraction of sp³-hybridized carbons (Fsp3) is 0.308. The van der Waals surface area contributed by atoms with E-state index < -0.39 is 11.7 Å². The Morgan fingerprint density at radius 3 is 3.00 bits per heavy atom. The van der Waals surface area contributed by atoms with E-state index in [1.54, 1.807) is 29.3 Å². The number of nitrogens with one attached hydrogen (secondary N) is 1. The summed E-state index contributed by atoms with van der Waals surface area (Å²) in [5, 5.41) is 7.13. The molecule has 3 aromatic heterocycles. The van der Waals surface area contributed by atoms with Gasteiger partial charge in [-0.2, -0.15) is 5.10 Å². The largest absolute Gasteiger partial charge is 0.493 e. The summed E-state index contributed by atoms with van der Waals surface area (Å²) in [5.74, 6) is 0.679. The SMILES string of the molecule is CCCn1cc(-c2cc3c(cc2F)OCC[C@H](C)Cn2ccnc2-c2cccc(n2)NC3=O)cn1. The van der Waals surface area contributed by atoms with E-state index in [1.807, 2.05) is 29.8 Å². The van der Waals surface area contributed by atoms with Gasteiger partial charge in [0.2, 0.25) is 0 Å². The number of nitrogens with zero attached hydrogens (tertiary/aromatic N) is 5. The van der Waals surface area contributed by atoms with Gasteiger partial charge in [-0.15, -0.1) is 0 Å². The van der Waals surface area contributed by atoms with Crippen molar-refractivity contribution in [2.45, 2.75) is 39.8 Å². The van der Waals surface area contributed by atoms with Gasteiger partial charge in [0.15, 0.2) is 5.82 Å². The van der Waals surface area contributed by atoms with E-state index in [4.69, 9.17) is 4.74 Å². The maximum atomic E-state index is 15.2. The van der Waals surface area contributed by atoms with Crippen LogP contribution in [0, 0.1) is 11.7 Å². The van der Waals surface area contributed by atoms with E-state index in [9.17, 15) is 4.79 Å². The Labute approximate surface area is 202 Å². The highest BCUT2D eigenvalue weighted by molar-refractivity contribution is 6.06. The molecule has 0 saturated carbocycles. The van der Waals surface area contributed by atoms with Gasteiger partial charge in [0.05, 0.1) is 18.4 Å². The normalized spacial score (nSPS) is 16.0. The fourth-order valence-electron chi connectivity index (χ4n) is 4.23. The third kappa shape index (κ3) is 4.80. The highest BCUT2D eigenvalue weighted by Gasteiger charge is 2.21. The standard InChI is InChI=1S/C26H27FN6O2/c1-3-9-33-16-18(14-29-33)19-12-20-23(13-21(19)27)35-11-7-17(2)15-32-10-8-28-25(32)22-5-4-6-24(30-22)31-26(20)34/h4-6,8,10,12-14,16-17H,3,7,9,11,15H2,1-2H3,(H,30,31,34)/t17-/m0/s1. The molecule has 35 heavy (non-hydrogen) atoms. The Kier molecular flexibility index (Phi) is 6.31. The molecular formula is C26H27FN6O2. The summed E-state index contributed by atoms with van der Waals surface area (Å²) in [7, 11) is 0. The summed E-state index contributed by atoms with van der Waals surface area (Å²) in [6, 6.07) is 8.21. The van der Waals surface area contributed by atoms with Crippen LogP contribution in [0.1, 0.15) is 37.0 Å². The zero-order valence-corrected chi connectivity index (χ0v) is 19.7. The topological polar surface area (TPSA) is 86.9 Å². The zero-order valence-electron chi connectivity index (χ0n) is 19.7. The van der Waals surface area contributed by atoms with Crippen LogP contribution in [-0.2, 0) is 13.1 Å². The van der Waals surface area contributed by atoms with Gasteiger partial charge in [0, 0.05) is 48.9 Å². The Morgan fingerprint density at radius 2 is 2.14 bits per heavy atom. The maximum Gasteiger partial charge on any atom is 0.260 e. The van der Waals surface area contributed by atoms with Crippen molar-refractivity contribution >= 4 is 11.7 Å². The smallest absolute Gasteiger partial charge is 0.260 e. The fourth-order valence-corrected chi connectivity index (χ4v) is 4.23. The average molecular weight is 475 g/mol. The first kappa shape index (κ1) is 22.8. The second-order valence-corrected chi connectivity index (χ2v) is 8.83. The number of amides is 1. The number of anilines is 1. The summed E-state index contributed by atoms with van der Waals surface area (Å²) in [4.78, 5) is 22.4. The van der Waals surface area contributed by atoms with E-state index in [0.29, 0.717) is 29.2 Å². The molecule has 1 N–H and O–H groups in total. The van der Waals surface area contributed by atoms with Gasteiger partial charge in [-0.3, -0.25) is 9.48 Å². The molecule has 0 saturated heterocycles. The lowest BCUT2D eigenvalue weighted by Crippen LogP contribution is -2.18. The molecule has 0 unspecified atom stereocenters. The summed E-state index contributed by atoms with van der Waals surface area (Å²) in [5.41, 5.74) is 1.80. The molecule has 5 rings (SSSR count). The van der Waals surface area contributed by atoms with Crippen molar-refractivity contribution in [1.29, 1.82) is 0 Å². The third-order valence-electron chi connectivity index (χ3n) is 6.02. The first-order valence-corrected chi connectivity index (χ1v) is 11.8. The minimum Gasteiger partial charge on any atom is -0.493 e. The number of pyridine rings is 1. The number of aromatic nitrogens is 5. The number of aryl methyl sites for hydroxylation is 1. The number of halogens is 1. The number of imidazole rings is 1. The van der Waals surface area contributed by atoms with Crippen LogP contribution in [0.4, 0.5) is 10.2 Å². The summed E-state index contributed by atoms with van der Waals surface area (Å²) >= 11 is 0. The monoisotopic (exact) mass is 474 g/mol. The molecule has 1 aliphatic rings. The van der Waals surface area contributed by atoms with E-state index in [1.165, 1.54) is 12.1 Å². The molecule has 4 heterocycles. The van der Waals surface area contributed by atoms with Crippen LogP contribution in [0.15, 0.2) is 55.1 Å². The molecular weight excluding hydrogens is 447 g/mol. The van der Waals surface area contributed by atoms with Crippen molar-refractivity contribution in [3.8, 4) is 28.4 Å². The summed E-state index contributed by atoms with van der Waals surface area (Å²) in [6.45, 7) is 5.98. The Bertz CT molecular complexity index is 1360. The van der Waals surface area contributed by atoms with Crippen LogP contribution in [-0.4, -0.2) is 36.8 Å². The molecule has 1 aromatic carbocycles. The minimum absolute atomic E-state index is 0.202. The first-order valence-electron chi connectivity index (χ1n) is 11.8. The number of carbonyl (C=O) groups excluding carboxylic acids is 1. The number of ether oxygens (including phenoxy) is 1. The molecule has 1 aliphatic heterocycles. The Hall–Kier alpha value is -4.01. The Morgan fingerprint density at radius 1 is 1.26 bits per heavy atom.